The first-order chi connectivity index (χ1) is 7.18. The number of nitrogens with zero attached hydrogens (tertiary/aromatic N) is 1. The van der Waals surface area contributed by atoms with Gasteiger partial charge in [-0.15, -0.1) is 0 Å². The predicted molar refractivity (Wildman–Crippen MR) is 61.9 cm³/mol. The number of β-amino-alcohol motifs (C(OH)–C–C–N with tert-alkyl or cyclic N) is 1. The molecule has 2 N–H and O–H groups in total. The molecule has 0 atom stereocenters. The summed E-state index contributed by atoms with van der Waals surface area (Å²) in [6.07, 6.45) is 4.43. The van der Waals surface area contributed by atoms with Crippen molar-refractivity contribution in [2.75, 3.05) is 32.7 Å². The smallest absolute Gasteiger partial charge is 0.0798 e. The molecule has 0 radical (unpaired) electrons. The molecule has 0 aromatic heterocycles. The van der Waals surface area contributed by atoms with Crippen LogP contribution >= 0.6 is 0 Å². The van der Waals surface area contributed by atoms with Crippen LogP contribution in [0.1, 0.15) is 32.6 Å². The van der Waals surface area contributed by atoms with Crippen LogP contribution in [0, 0.1) is 5.92 Å². The molecule has 0 amide bonds. The molecule has 0 aromatic carbocycles. The molecule has 0 saturated carbocycles. The first kappa shape index (κ1) is 11.4. The molecule has 0 bridgehead atoms. The maximum atomic E-state index is 10.4. The summed E-state index contributed by atoms with van der Waals surface area (Å²) in [5.74, 6) is 0.879. The van der Waals surface area contributed by atoms with Crippen LogP contribution in [-0.2, 0) is 0 Å². The fraction of sp³-hybridized carbons (Fsp3) is 1.00. The van der Waals surface area contributed by atoms with Crippen molar-refractivity contribution in [3.63, 3.8) is 0 Å². The van der Waals surface area contributed by atoms with Crippen molar-refractivity contribution < 1.29 is 5.11 Å². The lowest BCUT2D eigenvalue weighted by atomic mass is 9.90. The van der Waals surface area contributed by atoms with Crippen molar-refractivity contribution in [3.8, 4) is 0 Å². The van der Waals surface area contributed by atoms with Crippen LogP contribution in [-0.4, -0.2) is 48.3 Å². The van der Waals surface area contributed by atoms with E-state index in [4.69, 9.17) is 0 Å². The molecule has 2 fully saturated rings. The first-order valence-corrected chi connectivity index (χ1v) is 6.33. The maximum Gasteiger partial charge on any atom is 0.0798 e. The van der Waals surface area contributed by atoms with Gasteiger partial charge in [0.1, 0.15) is 0 Å². The van der Waals surface area contributed by atoms with Gasteiger partial charge in [0.15, 0.2) is 0 Å². The number of nitrogens with one attached hydrogen (secondary N) is 1. The highest BCUT2D eigenvalue weighted by atomic mass is 16.3. The highest BCUT2D eigenvalue weighted by molar-refractivity contribution is 4.88. The number of aliphatic hydroxyl groups is 1. The van der Waals surface area contributed by atoms with Crippen molar-refractivity contribution in [2.45, 2.75) is 38.2 Å². The molecule has 0 spiro atoms. The van der Waals surface area contributed by atoms with Crippen molar-refractivity contribution in [1.29, 1.82) is 0 Å². The average molecular weight is 212 g/mol. The van der Waals surface area contributed by atoms with Crippen molar-refractivity contribution in [1.82, 2.24) is 10.2 Å². The Morgan fingerprint density at radius 2 is 1.87 bits per heavy atom. The molecule has 3 heteroatoms. The van der Waals surface area contributed by atoms with E-state index in [9.17, 15) is 5.11 Å². The molecular weight excluding hydrogens is 188 g/mol. The second kappa shape index (κ2) is 4.81. The SMILES string of the molecule is CC1CCN(CC2(O)CCNCC2)CC1. The van der Waals surface area contributed by atoms with Crippen molar-refractivity contribution in [2.24, 2.45) is 5.92 Å². The zero-order chi connectivity index (χ0) is 10.7. The quantitative estimate of drug-likeness (QED) is 0.712. The molecule has 2 aliphatic heterocycles. The van der Waals surface area contributed by atoms with Crippen LogP contribution in [0.25, 0.3) is 0 Å². The van der Waals surface area contributed by atoms with E-state index in [1.165, 1.54) is 25.9 Å². The van der Waals surface area contributed by atoms with Crippen molar-refractivity contribution in [3.05, 3.63) is 0 Å². The van der Waals surface area contributed by atoms with E-state index < -0.39 is 5.60 Å². The van der Waals surface area contributed by atoms with E-state index >= 15 is 0 Å². The summed E-state index contributed by atoms with van der Waals surface area (Å²) < 4.78 is 0. The van der Waals surface area contributed by atoms with Crippen LogP contribution < -0.4 is 5.32 Å². The maximum absolute atomic E-state index is 10.4. The van der Waals surface area contributed by atoms with Gasteiger partial charge < -0.3 is 15.3 Å². The third-order valence-corrected chi connectivity index (χ3v) is 3.93. The van der Waals surface area contributed by atoms with Crippen molar-refractivity contribution >= 4 is 0 Å². The molecule has 0 aliphatic carbocycles. The van der Waals surface area contributed by atoms with Gasteiger partial charge in [0, 0.05) is 6.54 Å². The second-order valence-corrected chi connectivity index (χ2v) is 5.43. The van der Waals surface area contributed by atoms with E-state index in [-0.39, 0.29) is 0 Å². The Morgan fingerprint density at radius 3 is 2.47 bits per heavy atom. The minimum Gasteiger partial charge on any atom is -0.388 e. The molecule has 0 aromatic rings. The van der Waals surface area contributed by atoms with Crippen LogP contribution in [0.5, 0.6) is 0 Å². The van der Waals surface area contributed by atoms with Crippen LogP contribution in [0.15, 0.2) is 0 Å². The Bertz CT molecular complexity index is 194. The number of hydrogen-bond acceptors (Lipinski definition) is 3. The Kier molecular flexibility index (Phi) is 3.65. The van der Waals surface area contributed by atoms with E-state index in [2.05, 4.69) is 17.1 Å². The van der Waals surface area contributed by atoms with Gasteiger partial charge in [-0.1, -0.05) is 6.92 Å². The topological polar surface area (TPSA) is 35.5 Å². The summed E-state index contributed by atoms with van der Waals surface area (Å²) in [4.78, 5) is 2.45. The van der Waals surface area contributed by atoms with Crippen LogP contribution in [0.3, 0.4) is 0 Å². The molecule has 3 nitrogen and oxygen atoms in total. The Labute approximate surface area is 92.8 Å². The van der Waals surface area contributed by atoms with Gasteiger partial charge in [-0.2, -0.15) is 0 Å². The van der Waals surface area contributed by atoms with Gasteiger partial charge in [0.2, 0.25) is 0 Å². The standard InChI is InChI=1S/C12H24N2O/c1-11-2-8-14(9-3-11)10-12(15)4-6-13-7-5-12/h11,13,15H,2-10H2,1H3. The molecule has 2 rings (SSSR count). The number of rotatable bonds is 2. The van der Waals surface area contributed by atoms with E-state index in [0.29, 0.717) is 0 Å². The largest absolute Gasteiger partial charge is 0.388 e. The van der Waals surface area contributed by atoms with E-state index in [1.54, 1.807) is 0 Å². The summed E-state index contributed by atoms with van der Waals surface area (Å²) in [7, 11) is 0. The zero-order valence-corrected chi connectivity index (χ0v) is 9.84. The fourth-order valence-electron chi connectivity index (χ4n) is 2.69. The summed E-state index contributed by atoms with van der Waals surface area (Å²) in [5.41, 5.74) is -0.411. The lowest BCUT2D eigenvalue weighted by Crippen LogP contribution is -2.51. The highest BCUT2D eigenvalue weighted by Crippen LogP contribution is 2.23. The Morgan fingerprint density at radius 1 is 1.27 bits per heavy atom. The molecule has 88 valence electrons. The van der Waals surface area contributed by atoms with Crippen LogP contribution in [0.4, 0.5) is 0 Å². The minimum atomic E-state index is -0.411. The monoisotopic (exact) mass is 212 g/mol. The predicted octanol–water partition coefficient (Wildman–Crippen LogP) is 0.833. The second-order valence-electron chi connectivity index (χ2n) is 5.43. The fourth-order valence-corrected chi connectivity index (χ4v) is 2.69. The number of piperidine rings is 2. The minimum absolute atomic E-state index is 0.411. The number of likely N-dealkylation sites (tertiary alicyclic amines) is 1. The van der Waals surface area contributed by atoms with Gasteiger partial charge >= 0.3 is 0 Å². The average Bonchev–Trinajstić information content (AvgIpc) is 2.22. The lowest BCUT2D eigenvalue weighted by molar-refractivity contribution is -0.0271. The van der Waals surface area contributed by atoms with E-state index in [1.807, 2.05) is 0 Å². The molecule has 0 unspecified atom stereocenters. The summed E-state index contributed by atoms with van der Waals surface area (Å²) >= 11 is 0. The summed E-state index contributed by atoms with van der Waals surface area (Å²) in [5, 5.41) is 13.7. The molecule has 2 aliphatic rings. The van der Waals surface area contributed by atoms with Gasteiger partial charge in [-0.05, 0) is 57.8 Å². The summed E-state index contributed by atoms with van der Waals surface area (Å²) in [6, 6.07) is 0. The van der Waals surface area contributed by atoms with Gasteiger partial charge in [0.25, 0.3) is 0 Å². The third kappa shape index (κ3) is 3.16. The van der Waals surface area contributed by atoms with Gasteiger partial charge in [-0.3, -0.25) is 0 Å². The molecule has 2 heterocycles. The lowest BCUT2D eigenvalue weighted by Gasteiger charge is -2.39. The van der Waals surface area contributed by atoms with Gasteiger partial charge in [-0.25, -0.2) is 0 Å². The van der Waals surface area contributed by atoms with E-state index in [0.717, 1.165) is 38.4 Å². The van der Waals surface area contributed by atoms with Crippen LogP contribution in [0.2, 0.25) is 0 Å². The molecule has 15 heavy (non-hydrogen) atoms. The number of hydrogen-bond donors (Lipinski definition) is 2. The van der Waals surface area contributed by atoms with Gasteiger partial charge in [0.05, 0.1) is 5.60 Å². The Hall–Kier alpha value is -0.120. The summed E-state index contributed by atoms with van der Waals surface area (Å²) in [6.45, 7) is 7.52. The normalized spacial score (nSPS) is 29.2. The molecule has 2 saturated heterocycles. The molecular formula is C12H24N2O. The highest BCUT2D eigenvalue weighted by Gasteiger charge is 2.32. The zero-order valence-electron chi connectivity index (χ0n) is 9.84. The third-order valence-electron chi connectivity index (χ3n) is 3.93. The Balaban J connectivity index is 1.80. The first-order valence-electron chi connectivity index (χ1n) is 6.33.